The Morgan fingerprint density at radius 1 is 0.682 bits per heavy atom. The highest BCUT2D eigenvalue weighted by molar-refractivity contribution is 5.85. The Morgan fingerprint density at radius 3 is 2.09 bits per heavy atom. The van der Waals surface area contributed by atoms with Crippen molar-refractivity contribution in [3.8, 4) is 28.0 Å². The van der Waals surface area contributed by atoms with Crippen molar-refractivity contribution < 1.29 is 5.11 Å². The van der Waals surface area contributed by atoms with E-state index in [2.05, 4.69) is 56.3 Å². The Morgan fingerprint density at radius 2 is 1.32 bits per heavy atom. The van der Waals surface area contributed by atoms with Crippen LogP contribution >= 0.6 is 0 Å². The molecule has 22 heavy (non-hydrogen) atoms. The number of hydrogen-bond acceptors (Lipinski definition) is 1. The maximum absolute atomic E-state index is 10.1. The lowest BCUT2D eigenvalue weighted by Crippen LogP contribution is -2.14. The van der Waals surface area contributed by atoms with Gasteiger partial charge in [-0.3, -0.25) is 0 Å². The van der Waals surface area contributed by atoms with Crippen LogP contribution < -0.4 is 0 Å². The third-order valence-electron chi connectivity index (χ3n) is 4.80. The molecule has 0 bridgehead atoms. The molecule has 0 atom stereocenters. The van der Waals surface area contributed by atoms with E-state index in [0.29, 0.717) is 5.75 Å². The number of hydrogen-bond donors (Lipinski definition) is 1. The van der Waals surface area contributed by atoms with Gasteiger partial charge in [-0.05, 0) is 39.9 Å². The molecular weight excluding hydrogens is 268 g/mol. The molecule has 0 heterocycles. The molecule has 0 amide bonds. The third-order valence-corrected chi connectivity index (χ3v) is 4.80. The van der Waals surface area contributed by atoms with Crippen LogP contribution in [-0.2, 0) is 5.41 Å². The molecular formula is C21H18O. The van der Waals surface area contributed by atoms with E-state index in [9.17, 15) is 5.11 Å². The summed E-state index contributed by atoms with van der Waals surface area (Å²) in [4.78, 5) is 0. The van der Waals surface area contributed by atoms with Gasteiger partial charge in [0.25, 0.3) is 0 Å². The van der Waals surface area contributed by atoms with Gasteiger partial charge in [0.1, 0.15) is 5.75 Å². The summed E-state index contributed by atoms with van der Waals surface area (Å²) in [5.41, 5.74) is 7.29. The summed E-state index contributed by atoms with van der Waals surface area (Å²) < 4.78 is 0. The van der Waals surface area contributed by atoms with Crippen molar-refractivity contribution in [3.05, 3.63) is 77.9 Å². The van der Waals surface area contributed by atoms with E-state index in [0.717, 1.165) is 11.1 Å². The molecule has 0 spiro atoms. The molecule has 0 saturated carbocycles. The summed E-state index contributed by atoms with van der Waals surface area (Å²) in [5, 5.41) is 10.1. The topological polar surface area (TPSA) is 20.2 Å². The van der Waals surface area contributed by atoms with Crippen LogP contribution in [0.2, 0.25) is 0 Å². The SMILES string of the molecule is CC1(C)c2ccccc2-c2cc(-c3ccccc3O)ccc21. The van der Waals surface area contributed by atoms with Gasteiger partial charge in [0, 0.05) is 11.0 Å². The highest BCUT2D eigenvalue weighted by atomic mass is 16.3. The molecule has 108 valence electrons. The lowest BCUT2D eigenvalue weighted by molar-refractivity contribution is 0.477. The minimum atomic E-state index is 0.0309. The molecule has 0 fully saturated rings. The first kappa shape index (κ1) is 13.1. The van der Waals surface area contributed by atoms with Gasteiger partial charge in [0.15, 0.2) is 0 Å². The molecule has 1 nitrogen and oxygen atoms in total. The molecule has 0 radical (unpaired) electrons. The second-order valence-electron chi connectivity index (χ2n) is 6.45. The van der Waals surface area contributed by atoms with E-state index in [4.69, 9.17) is 0 Å². The number of para-hydroxylation sites is 1. The van der Waals surface area contributed by atoms with Crippen molar-refractivity contribution in [1.82, 2.24) is 0 Å². The van der Waals surface area contributed by atoms with Gasteiger partial charge in [0.2, 0.25) is 0 Å². The summed E-state index contributed by atoms with van der Waals surface area (Å²) in [7, 11) is 0. The maximum Gasteiger partial charge on any atom is 0.123 e. The molecule has 1 heteroatoms. The van der Waals surface area contributed by atoms with Gasteiger partial charge < -0.3 is 5.11 Å². The van der Waals surface area contributed by atoms with Crippen molar-refractivity contribution in [2.75, 3.05) is 0 Å². The van der Waals surface area contributed by atoms with Crippen LogP contribution in [0.1, 0.15) is 25.0 Å². The Balaban J connectivity index is 1.97. The standard InChI is InChI=1S/C21H18O/c1-21(2)18-9-5-3-8-16(18)17-13-14(11-12-19(17)21)15-7-4-6-10-20(15)22/h3-13,22H,1-2H3. The van der Waals surface area contributed by atoms with Gasteiger partial charge >= 0.3 is 0 Å². The Bertz CT molecular complexity index is 875. The van der Waals surface area contributed by atoms with Crippen molar-refractivity contribution in [2.45, 2.75) is 19.3 Å². The first-order chi connectivity index (χ1) is 10.6. The zero-order chi connectivity index (χ0) is 15.3. The number of phenolic OH excluding ortho intramolecular Hbond substituents is 1. The smallest absolute Gasteiger partial charge is 0.123 e. The van der Waals surface area contributed by atoms with E-state index in [1.165, 1.54) is 22.3 Å². The van der Waals surface area contributed by atoms with Crippen molar-refractivity contribution in [2.24, 2.45) is 0 Å². The van der Waals surface area contributed by atoms with E-state index in [1.54, 1.807) is 6.07 Å². The molecule has 3 aromatic carbocycles. The van der Waals surface area contributed by atoms with Crippen LogP contribution in [0.4, 0.5) is 0 Å². The maximum atomic E-state index is 10.1. The van der Waals surface area contributed by atoms with Gasteiger partial charge in [-0.25, -0.2) is 0 Å². The van der Waals surface area contributed by atoms with E-state index < -0.39 is 0 Å². The van der Waals surface area contributed by atoms with Crippen LogP contribution in [0.15, 0.2) is 66.7 Å². The Kier molecular flexibility index (Phi) is 2.67. The van der Waals surface area contributed by atoms with E-state index in [1.807, 2.05) is 18.2 Å². The molecule has 1 aliphatic rings. The minimum Gasteiger partial charge on any atom is -0.507 e. The molecule has 0 aromatic heterocycles. The minimum absolute atomic E-state index is 0.0309. The quantitative estimate of drug-likeness (QED) is 0.638. The van der Waals surface area contributed by atoms with Crippen molar-refractivity contribution >= 4 is 0 Å². The number of fused-ring (bicyclic) bond motifs is 3. The fourth-order valence-electron chi connectivity index (χ4n) is 3.61. The summed E-state index contributed by atoms with van der Waals surface area (Å²) in [6.45, 7) is 4.55. The van der Waals surface area contributed by atoms with E-state index in [-0.39, 0.29) is 5.41 Å². The highest BCUT2D eigenvalue weighted by Crippen LogP contribution is 2.49. The first-order valence-corrected chi connectivity index (χ1v) is 7.62. The molecule has 4 rings (SSSR count). The molecule has 0 aliphatic heterocycles. The largest absolute Gasteiger partial charge is 0.507 e. The lowest BCUT2D eigenvalue weighted by atomic mass is 9.82. The number of phenols is 1. The van der Waals surface area contributed by atoms with Crippen LogP contribution in [0.5, 0.6) is 5.75 Å². The van der Waals surface area contributed by atoms with Gasteiger partial charge in [-0.1, -0.05) is 68.4 Å². The fraction of sp³-hybridized carbons (Fsp3) is 0.143. The summed E-state index contributed by atoms with van der Waals surface area (Å²) in [6, 6.07) is 22.6. The van der Waals surface area contributed by atoms with Crippen LogP contribution in [0.25, 0.3) is 22.3 Å². The van der Waals surface area contributed by atoms with Gasteiger partial charge in [0.05, 0.1) is 0 Å². The molecule has 3 aromatic rings. The Hall–Kier alpha value is -2.54. The lowest BCUT2D eigenvalue weighted by Gasteiger charge is -2.21. The summed E-state index contributed by atoms with van der Waals surface area (Å²) in [5.74, 6) is 0.327. The molecule has 1 aliphatic carbocycles. The average Bonchev–Trinajstić information content (AvgIpc) is 2.76. The normalized spacial score (nSPS) is 14.5. The van der Waals surface area contributed by atoms with Crippen LogP contribution in [0.3, 0.4) is 0 Å². The molecule has 0 unspecified atom stereocenters. The highest BCUT2D eigenvalue weighted by Gasteiger charge is 2.35. The second-order valence-corrected chi connectivity index (χ2v) is 6.45. The molecule has 1 N–H and O–H groups in total. The first-order valence-electron chi connectivity index (χ1n) is 7.62. The predicted molar refractivity (Wildman–Crippen MR) is 91.1 cm³/mol. The average molecular weight is 286 g/mol. The number of rotatable bonds is 1. The Labute approximate surface area is 130 Å². The second kappa shape index (κ2) is 4.48. The van der Waals surface area contributed by atoms with E-state index >= 15 is 0 Å². The monoisotopic (exact) mass is 286 g/mol. The van der Waals surface area contributed by atoms with Gasteiger partial charge in [-0.2, -0.15) is 0 Å². The number of benzene rings is 3. The predicted octanol–water partition coefficient (Wildman–Crippen LogP) is 5.37. The molecule has 0 saturated heterocycles. The summed E-state index contributed by atoms with van der Waals surface area (Å²) >= 11 is 0. The van der Waals surface area contributed by atoms with Gasteiger partial charge in [-0.15, -0.1) is 0 Å². The fourth-order valence-corrected chi connectivity index (χ4v) is 3.61. The third kappa shape index (κ3) is 1.72. The summed E-state index contributed by atoms with van der Waals surface area (Å²) in [6.07, 6.45) is 0. The zero-order valence-corrected chi connectivity index (χ0v) is 12.8. The number of aromatic hydroxyl groups is 1. The van der Waals surface area contributed by atoms with Crippen molar-refractivity contribution in [3.63, 3.8) is 0 Å². The van der Waals surface area contributed by atoms with Crippen molar-refractivity contribution in [1.29, 1.82) is 0 Å². The van der Waals surface area contributed by atoms with Crippen LogP contribution in [-0.4, -0.2) is 5.11 Å². The van der Waals surface area contributed by atoms with Crippen LogP contribution in [0, 0.1) is 0 Å². The zero-order valence-electron chi connectivity index (χ0n) is 12.8.